The van der Waals surface area contributed by atoms with Crippen molar-refractivity contribution in [2.45, 2.75) is 26.2 Å². The normalized spacial score (nSPS) is 10.6. The van der Waals surface area contributed by atoms with Gasteiger partial charge in [-0.25, -0.2) is 4.79 Å². The summed E-state index contributed by atoms with van der Waals surface area (Å²) in [4.78, 5) is 11.3. The monoisotopic (exact) mass is 412 g/mol. The van der Waals surface area contributed by atoms with Crippen LogP contribution in [0.1, 0.15) is 41.3 Å². The molecular formula is C18H18BrClO4. The van der Waals surface area contributed by atoms with Gasteiger partial charge in [0, 0.05) is 16.5 Å². The maximum atomic E-state index is 11.3. The number of aromatic carboxylic acids is 1. The predicted molar refractivity (Wildman–Crippen MR) is 97.4 cm³/mol. The maximum absolute atomic E-state index is 11.3. The Morgan fingerprint density at radius 2 is 2.04 bits per heavy atom. The molecule has 0 unspecified atom stereocenters. The van der Waals surface area contributed by atoms with Crippen LogP contribution in [0.5, 0.6) is 11.5 Å². The quantitative estimate of drug-likeness (QED) is 0.606. The first-order valence-electron chi connectivity index (χ1n) is 7.58. The van der Waals surface area contributed by atoms with Gasteiger partial charge in [0.05, 0.1) is 11.6 Å². The number of benzene rings is 2. The number of unbranched alkanes of at least 4 members (excludes halogenated alkanes) is 1. The Balaban J connectivity index is 2.31. The lowest BCUT2D eigenvalue weighted by atomic mass is 10.0. The highest BCUT2D eigenvalue weighted by Gasteiger charge is 2.14. The molecule has 128 valence electrons. The Bertz CT molecular complexity index is 746. The second-order valence-corrected chi connectivity index (χ2v) is 6.73. The van der Waals surface area contributed by atoms with Crippen LogP contribution in [0.4, 0.5) is 0 Å². The van der Waals surface area contributed by atoms with E-state index in [1.165, 1.54) is 6.07 Å². The minimum Gasteiger partial charge on any atom is -0.506 e. The van der Waals surface area contributed by atoms with Crippen molar-refractivity contribution in [3.05, 3.63) is 56.5 Å². The summed E-state index contributed by atoms with van der Waals surface area (Å²) in [6.07, 6.45) is 2.23. The highest BCUT2D eigenvalue weighted by Crippen LogP contribution is 2.33. The molecule has 0 amide bonds. The fraction of sp³-hybridized carbons (Fsp3) is 0.278. The van der Waals surface area contributed by atoms with Crippen LogP contribution in [0.3, 0.4) is 0 Å². The summed E-state index contributed by atoms with van der Waals surface area (Å²) in [5.74, 6) is -0.661. The zero-order valence-electron chi connectivity index (χ0n) is 13.2. The van der Waals surface area contributed by atoms with E-state index < -0.39 is 5.97 Å². The summed E-state index contributed by atoms with van der Waals surface area (Å²) >= 11 is 9.34. The number of rotatable bonds is 7. The van der Waals surface area contributed by atoms with Crippen LogP contribution in [0.15, 0.2) is 34.8 Å². The molecule has 0 aromatic heterocycles. The van der Waals surface area contributed by atoms with Crippen LogP contribution in [0.2, 0.25) is 5.02 Å². The van der Waals surface area contributed by atoms with Gasteiger partial charge in [-0.1, -0.05) is 46.9 Å². The summed E-state index contributed by atoms with van der Waals surface area (Å²) < 4.78 is 6.38. The van der Waals surface area contributed by atoms with Crippen molar-refractivity contribution >= 4 is 33.5 Å². The second kappa shape index (κ2) is 8.40. The van der Waals surface area contributed by atoms with Gasteiger partial charge in [0.1, 0.15) is 17.1 Å². The summed E-state index contributed by atoms with van der Waals surface area (Å²) in [5, 5.41) is 19.6. The van der Waals surface area contributed by atoms with Crippen molar-refractivity contribution in [3.8, 4) is 11.5 Å². The molecule has 0 aliphatic heterocycles. The Morgan fingerprint density at radius 3 is 2.71 bits per heavy atom. The number of phenolic OH excluding ortho intramolecular Hbond substituents is 1. The van der Waals surface area contributed by atoms with E-state index in [1.54, 1.807) is 24.3 Å². The van der Waals surface area contributed by atoms with E-state index in [2.05, 4.69) is 15.9 Å². The SMILES string of the molecule is CCCCOc1cc(Cc2cc(Br)cc(Cl)c2O)ccc1C(=O)O. The fourth-order valence-corrected chi connectivity index (χ4v) is 3.15. The van der Waals surface area contributed by atoms with Gasteiger partial charge in [-0.15, -0.1) is 0 Å². The molecule has 0 heterocycles. The molecule has 0 aliphatic rings. The maximum Gasteiger partial charge on any atom is 0.339 e. The number of hydrogen-bond donors (Lipinski definition) is 2. The minimum atomic E-state index is -1.03. The van der Waals surface area contributed by atoms with E-state index in [4.69, 9.17) is 16.3 Å². The van der Waals surface area contributed by atoms with Crippen molar-refractivity contribution in [1.82, 2.24) is 0 Å². The lowest BCUT2D eigenvalue weighted by molar-refractivity contribution is 0.0692. The molecule has 0 saturated heterocycles. The standard InChI is InChI=1S/C18H18BrClO4/c1-2-3-6-24-16-8-11(4-5-14(16)18(22)23)7-12-9-13(19)10-15(20)17(12)21/h4-5,8-10,21H,2-3,6-7H2,1H3,(H,22,23). The van der Waals surface area contributed by atoms with Gasteiger partial charge in [0.15, 0.2) is 0 Å². The zero-order chi connectivity index (χ0) is 17.7. The van der Waals surface area contributed by atoms with Gasteiger partial charge in [0.25, 0.3) is 0 Å². The summed E-state index contributed by atoms with van der Waals surface area (Å²) in [5.41, 5.74) is 1.61. The van der Waals surface area contributed by atoms with Gasteiger partial charge < -0.3 is 14.9 Å². The Morgan fingerprint density at radius 1 is 1.29 bits per heavy atom. The Hall–Kier alpha value is -1.72. The van der Waals surface area contributed by atoms with Crippen molar-refractivity contribution < 1.29 is 19.7 Å². The number of halogens is 2. The summed E-state index contributed by atoms with van der Waals surface area (Å²) in [6.45, 7) is 2.51. The van der Waals surface area contributed by atoms with Crippen molar-refractivity contribution in [3.63, 3.8) is 0 Å². The Labute approximate surface area is 154 Å². The van der Waals surface area contributed by atoms with Crippen molar-refractivity contribution in [2.24, 2.45) is 0 Å². The third-order valence-corrected chi connectivity index (χ3v) is 4.28. The van der Waals surface area contributed by atoms with Crippen molar-refractivity contribution in [2.75, 3.05) is 6.61 Å². The van der Waals surface area contributed by atoms with Gasteiger partial charge in [-0.05, 0) is 36.2 Å². The van der Waals surface area contributed by atoms with Crippen molar-refractivity contribution in [1.29, 1.82) is 0 Å². The Kier molecular flexibility index (Phi) is 6.52. The van der Waals surface area contributed by atoms with E-state index in [1.807, 2.05) is 6.92 Å². The molecule has 2 aromatic carbocycles. The molecule has 0 atom stereocenters. The topological polar surface area (TPSA) is 66.8 Å². The average molecular weight is 414 g/mol. The van der Waals surface area contributed by atoms with E-state index in [0.29, 0.717) is 24.3 Å². The number of carbonyl (C=O) groups is 1. The lowest BCUT2D eigenvalue weighted by Gasteiger charge is -2.12. The molecule has 0 spiro atoms. The second-order valence-electron chi connectivity index (χ2n) is 5.41. The molecule has 2 N–H and O–H groups in total. The number of ether oxygens (including phenoxy) is 1. The zero-order valence-corrected chi connectivity index (χ0v) is 15.5. The number of hydrogen-bond acceptors (Lipinski definition) is 3. The van der Waals surface area contributed by atoms with Gasteiger partial charge in [-0.2, -0.15) is 0 Å². The van der Waals surface area contributed by atoms with Crippen LogP contribution >= 0.6 is 27.5 Å². The minimum absolute atomic E-state index is 0.0237. The third-order valence-electron chi connectivity index (χ3n) is 3.53. The molecule has 2 aromatic rings. The van der Waals surface area contributed by atoms with E-state index in [0.717, 1.165) is 22.9 Å². The van der Waals surface area contributed by atoms with Crippen LogP contribution < -0.4 is 4.74 Å². The third kappa shape index (κ3) is 4.65. The molecule has 6 heteroatoms. The van der Waals surface area contributed by atoms with Gasteiger partial charge >= 0.3 is 5.97 Å². The lowest BCUT2D eigenvalue weighted by Crippen LogP contribution is -2.05. The fourth-order valence-electron chi connectivity index (χ4n) is 2.27. The van der Waals surface area contributed by atoms with Gasteiger partial charge in [0.2, 0.25) is 0 Å². The molecule has 24 heavy (non-hydrogen) atoms. The van der Waals surface area contributed by atoms with E-state index >= 15 is 0 Å². The van der Waals surface area contributed by atoms with Gasteiger partial charge in [-0.3, -0.25) is 0 Å². The highest BCUT2D eigenvalue weighted by molar-refractivity contribution is 9.10. The predicted octanol–water partition coefficient (Wildman–Crippen LogP) is 5.28. The molecular weight excluding hydrogens is 396 g/mol. The number of carboxylic acid groups (broad SMARTS) is 1. The smallest absolute Gasteiger partial charge is 0.339 e. The van der Waals surface area contributed by atoms with Crippen LogP contribution in [0.25, 0.3) is 0 Å². The van der Waals surface area contributed by atoms with Crippen LogP contribution in [-0.4, -0.2) is 22.8 Å². The van der Waals surface area contributed by atoms with Crippen LogP contribution in [0, 0.1) is 0 Å². The molecule has 4 nitrogen and oxygen atoms in total. The number of aromatic hydroxyl groups is 1. The molecule has 0 saturated carbocycles. The first-order chi connectivity index (χ1) is 11.4. The highest BCUT2D eigenvalue weighted by atomic mass is 79.9. The number of carboxylic acids is 1. The largest absolute Gasteiger partial charge is 0.506 e. The number of phenols is 1. The first-order valence-corrected chi connectivity index (χ1v) is 8.75. The molecule has 0 aliphatic carbocycles. The first kappa shape index (κ1) is 18.6. The molecule has 0 fully saturated rings. The molecule has 2 rings (SSSR count). The summed E-state index contributed by atoms with van der Waals surface area (Å²) in [6, 6.07) is 8.34. The van der Waals surface area contributed by atoms with E-state index in [-0.39, 0.29) is 16.3 Å². The van der Waals surface area contributed by atoms with E-state index in [9.17, 15) is 15.0 Å². The van der Waals surface area contributed by atoms with Crippen LogP contribution in [-0.2, 0) is 6.42 Å². The molecule has 0 bridgehead atoms. The molecule has 0 radical (unpaired) electrons. The summed E-state index contributed by atoms with van der Waals surface area (Å²) in [7, 11) is 0. The average Bonchev–Trinajstić information content (AvgIpc) is 2.52.